The number of allylic oxidation sites excluding steroid dienone is 1. The Balaban J connectivity index is 0.000000177. The monoisotopic (exact) mass is 367 g/mol. The van der Waals surface area contributed by atoms with E-state index in [2.05, 4.69) is 9.97 Å². The molecule has 0 saturated heterocycles. The Bertz CT molecular complexity index is 1020. The zero-order chi connectivity index (χ0) is 19.6. The van der Waals surface area contributed by atoms with Gasteiger partial charge in [-0.15, -0.1) is 0 Å². The number of carbonyl (C=O) groups excluding carboxylic acids is 1. The lowest BCUT2D eigenvalue weighted by Gasteiger charge is -2.19. The van der Waals surface area contributed by atoms with Crippen molar-refractivity contribution < 1.29 is 19.7 Å². The second kappa shape index (κ2) is 7.11. The van der Waals surface area contributed by atoms with Crippen LogP contribution in [0.2, 0.25) is 0 Å². The number of fused-ring (bicyclic) bond motifs is 2. The second-order valence-electron chi connectivity index (χ2n) is 7.11. The molecule has 7 heteroatoms. The summed E-state index contributed by atoms with van der Waals surface area (Å²) >= 11 is 0. The molecule has 27 heavy (non-hydrogen) atoms. The lowest BCUT2D eigenvalue weighted by molar-refractivity contribution is 0.0543. The molecule has 3 heterocycles. The van der Waals surface area contributed by atoms with Crippen LogP contribution < -0.4 is 0 Å². The maximum absolute atomic E-state index is 11.9. The molecule has 0 saturated carbocycles. The standard InChI is InChI=1S/C12H14N2O3.C8H7NO/c1-12(2,3)17-11(16)14-5-4-8-6-9(15)7-13-10(8)14;10-7-4-6-2-1-3-8(6)9-5-7/h4-7,15H,1-3H3;1-2,4-5,10H,3H2. The van der Waals surface area contributed by atoms with E-state index >= 15 is 0 Å². The summed E-state index contributed by atoms with van der Waals surface area (Å²) in [5.41, 5.74) is 2.01. The molecule has 3 aromatic heterocycles. The first-order valence-corrected chi connectivity index (χ1v) is 8.47. The molecule has 0 aliphatic heterocycles. The number of pyridine rings is 2. The maximum Gasteiger partial charge on any atom is 0.420 e. The van der Waals surface area contributed by atoms with Crippen LogP contribution >= 0.6 is 0 Å². The van der Waals surface area contributed by atoms with Crippen LogP contribution in [0.25, 0.3) is 17.1 Å². The molecule has 3 aromatic rings. The molecule has 0 unspecified atom stereocenters. The molecule has 0 radical (unpaired) electrons. The highest BCUT2D eigenvalue weighted by molar-refractivity contribution is 5.87. The van der Waals surface area contributed by atoms with Crippen LogP contribution in [0.4, 0.5) is 4.79 Å². The van der Waals surface area contributed by atoms with Crippen LogP contribution in [0.15, 0.2) is 42.9 Å². The average Bonchev–Trinajstić information content (AvgIpc) is 3.19. The van der Waals surface area contributed by atoms with Gasteiger partial charge in [-0.05, 0) is 44.5 Å². The van der Waals surface area contributed by atoms with Crippen LogP contribution in [-0.2, 0) is 11.2 Å². The molecule has 1 aliphatic carbocycles. The van der Waals surface area contributed by atoms with Gasteiger partial charge >= 0.3 is 6.09 Å². The molecule has 0 fully saturated rings. The summed E-state index contributed by atoms with van der Waals surface area (Å²) in [6.45, 7) is 5.40. The first-order chi connectivity index (χ1) is 12.7. The summed E-state index contributed by atoms with van der Waals surface area (Å²) in [7, 11) is 0. The van der Waals surface area contributed by atoms with Gasteiger partial charge in [-0.25, -0.2) is 14.3 Å². The van der Waals surface area contributed by atoms with Crippen molar-refractivity contribution >= 4 is 23.2 Å². The molecule has 0 amide bonds. The van der Waals surface area contributed by atoms with E-state index in [9.17, 15) is 9.90 Å². The summed E-state index contributed by atoms with van der Waals surface area (Å²) in [5, 5.41) is 19.0. The normalized spacial score (nSPS) is 12.4. The summed E-state index contributed by atoms with van der Waals surface area (Å²) < 4.78 is 6.56. The summed E-state index contributed by atoms with van der Waals surface area (Å²) in [6.07, 6.45) is 8.78. The molecular weight excluding hydrogens is 346 g/mol. The van der Waals surface area contributed by atoms with Crippen molar-refractivity contribution in [3.8, 4) is 11.5 Å². The van der Waals surface area contributed by atoms with Crippen molar-refractivity contribution in [2.24, 2.45) is 0 Å². The van der Waals surface area contributed by atoms with Crippen molar-refractivity contribution in [3.63, 3.8) is 0 Å². The fraction of sp³-hybridized carbons (Fsp3) is 0.250. The lowest BCUT2D eigenvalue weighted by Crippen LogP contribution is -2.26. The minimum absolute atomic E-state index is 0.0689. The van der Waals surface area contributed by atoms with Crippen molar-refractivity contribution in [3.05, 3.63) is 54.1 Å². The zero-order valence-corrected chi connectivity index (χ0v) is 15.4. The molecule has 0 aromatic carbocycles. The van der Waals surface area contributed by atoms with Gasteiger partial charge in [-0.2, -0.15) is 0 Å². The fourth-order valence-electron chi connectivity index (χ4n) is 2.58. The fourth-order valence-corrected chi connectivity index (χ4v) is 2.58. The minimum atomic E-state index is -0.551. The predicted molar refractivity (Wildman–Crippen MR) is 102 cm³/mol. The quantitative estimate of drug-likeness (QED) is 0.626. The minimum Gasteiger partial charge on any atom is -0.506 e. The third-order valence-corrected chi connectivity index (χ3v) is 3.70. The van der Waals surface area contributed by atoms with Gasteiger partial charge < -0.3 is 14.9 Å². The number of ether oxygens (including phenoxy) is 1. The zero-order valence-electron chi connectivity index (χ0n) is 15.4. The van der Waals surface area contributed by atoms with Crippen molar-refractivity contribution in [2.75, 3.05) is 0 Å². The number of hydrogen-bond acceptors (Lipinski definition) is 6. The van der Waals surface area contributed by atoms with Gasteiger partial charge in [0, 0.05) is 18.0 Å². The Morgan fingerprint density at radius 3 is 2.59 bits per heavy atom. The van der Waals surface area contributed by atoms with Gasteiger partial charge in [0.25, 0.3) is 0 Å². The van der Waals surface area contributed by atoms with Crippen molar-refractivity contribution in [1.29, 1.82) is 0 Å². The Kier molecular flexibility index (Phi) is 4.85. The third-order valence-electron chi connectivity index (χ3n) is 3.70. The SMILES string of the molecule is CC(C)(C)OC(=O)n1ccc2cc(O)cnc21.Oc1cnc2c(c1)C=CC2. The Hall–Kier alpha value is -3.35. The first kappa shape index (κ1) is 18.4. The average molecular weight is 367 g/mol. The van der Waals surface area contributed by atoms with Crippen LogP contribution in [0.1, 0.15) is 32.0 Å². The smallest absolute Gasteiger partial charge is 0.420 e. The molecule has 0 spiro atoms. The van der Waals surface area contributed by atoms with Crippen LogP contribution in [0.5, 0.6) is 11.5 Å². The molecule has 140 valence electrons. The third kappa shape index (κ3) is 4.44. The Morgan fingerprint density at radius 2 is 1.85 bits per heavy atom. The molecule has 0 bridgehead atoms. The highest BCUT2D eigenvalue weighted by atomic mass is 16.6. The van der Waals surface area contributed by atoms with Crippen molar-refractivity contribution in [1.82, 2.24) is 14.5 Å². The molecule has 4 rings (SSSR count). The number of nitrogens with zero attached hydrogens (tertiary/aromatic N) is 3. The highest BCUT2D eigenvalue weighted by Gasteiger charge is 2.19. The van der Waals surface area contributed by atoms with E-state index in [-0.39, 0.29) is 11.5 Å². The number of aromatic hydroxyl groups is 2. The largest absolute Gasteiger partial charge is 0.506 e. The highest BCUT2D eigenvalue weighted by Crippen LogP contribution is 2.21. The summed E-state index contributed by atoms with van der Waals surface area (Å²) in [6, 6.07) is 4.97. The van der Waals surface area contributed by atoms with E-state index in [4.69, 9.17) is 9.84 Å². The van der Waals surface area contributed by atoms with Gasteiger partial charge in [0.1, 0.15) is 22.7 Å². The molecular formula is C20H21N3O4. The Labute approximate surface area is 156 Å². The number of rotatable bonds is 0. The van der Waals surface area contributed by atoms with Crippen LogP contribution in [-0.4, -0.2) is 36.4 Å². The molecule has 2 N–H and O–H groups in total. The maximum atomic E-state index is 11.9. The topological polar surface area (TPSA) is 97.5 Å². The van der Waals surface area contributed by atoms with E-state index in [0.717, 1.165) is 17.7 Å². The van der Waals surface area contributed by atoms with Crippen LogP contribution in [0, 0.1) is 0 Å². The first-order valence-electron chi connectivity index (χ1n) is 8.47. The van der Waals surface area contributed by atoms with Gasteiger partial charge in [-0.1, -0.05) is 12.2 Å². The van der Waals surface area contributed by atoms with Gasteiger partial charge in [-0.3, -0.25) is 4.98 Å². The van der Waals surface area contributed by atoms with Crippen molar-refractivity contribution in [2.45, 2.75) is 32.8 Å². The van der Waals surface area contributed by atoms with Gasteiger partial charge in [0.2, 0.25) is 0 Å². The Morgan fingerprint density at radius 1 is 1.15 bits per heavy atom. The van der Waals surface area contributed by atoms with E-state index in [0.29, 0.717) is 11.0 Å². The van der Waals surface area contributed by atoms with Gasteiger partial charge in [0.15, 0.2) is 0 Å². The second-order valence-corrected chi connectivity index (χ2v) is 7.11. The summed E-state index contributed by atoms with van der Waals surface area (Å²) in [5.74, 6) is 0.310. The number of aromatic nitrogens is 3. The van der Waals surface area contributed by atoms with E-state index in [1.54, 1.807) is 45.2 Å². The molecule has 1 aliphatic rings. The number of hydrogen-bond donors (Lipinski definition) is 2. The predicted octanol–water partition coefficient (Wildman–Crippen LogP) is 3.88. The summed E-state index contributed by atoms with van der Waals surface area (Å²) in [4.78, 5) is 19.9. The number of carbonyl (C=O) groups is 1. The van der Waals surface area contributed by atoms with E-state index < -0.39 is 11.7 Å². The molecule has 0 atom stereocenters. The molecule has 7 nitrogen and oxygen atoms in total. The van der Waals surface area contributed by atoms with E-state index in [1.807, 2.05) is 12.2 Å². The van der Waals surface area contributed by atoms with E-state index in [1.165, 1.54) is 17.0 Å². The lowest BCUT2D eigenvalue weighted by atomic mass is 10.2. The van der Waals surface area contributed by atoms with Gasteiger partial charge in [0.05, 0.1) is 18.1 Å². The van der Waals surface area contributed by atoms with Crippen LogP contribution in [0.3, 0.4) is 0 Å².